The highest BCUT2D eigenvalue weighted by Crippen LogP contribution is 2.39. The summed E-state index contributed by atoms with van der Waals surface area (Å²) < 4.78 is 5.40. The van der Waals surface area contributed by atoms with E-state index >= 15 is 0 Å². The lowest BCUT2D eigenvalue weighted by Gasteiger charge is -2.16. The highest BCUT2D eigenvalue weighted by molar-refractivity contribution is 6.33. The number of fused-ring (bicyclic) bond motifs is 1. The fourth-order valence-electron chi connectivity index (χ4n) is 2.81. The highest BCUT2D eigenvalue weighted by Gasteiger charge is 2.25. The Morgan fingerprint density at radius 2 is 2.32 bits per heavy atom. The van der Waals surface area contributed by atoms with E-state index < -0.39 is 5.91 Å². The molecule has 1 amide bonds. The van der Waals surface area contributed by atoms with Gasteiger partial charge in [0.05, 0.1) is 23.7 Å². The molecule has 1 aliphatic carbocycles. The largest absolute Gasteiger partial charge is 0.496 e. The first-order chi connectivity index (χ1) is 10.6. The van der Waals surface area contributed by atoms with Gasteiger partial charge in [-0.3, -0.25) is 4.79 Å². The zero-order valence-electron chi connectivity index (χ0n) is 12.1. The Balaban J connectivity index is 1.86. The third-order valence-electron chi connectivity index (χ3n) is 3.88. The van der Waals surface area contributed by atoms with E-state index in [1.165, 1.54) is 23.4 Å². The minimum Gasteiger partial charge on any atom is -0.496 e. The summed E-state index contributed by atoms with van der Waals surface area (Å²) in [6.07, 6.45) is 3.30. The summed E-state index contributed by atoms with van der Waals surface area (Å²) >= 11 is 6.18. The minimum atomic E-state index is -0.545. The molecule has 5 nitrogen and oxygen atoms in total. The number of amides is 1. The lowest BCUT2D eigenvalue weighted by molar-refractivity contribution is 0.1000. The molecule has 114 valence electrons. The molecular weight excluding hydrogens is 302 g/mol. The van der Waals surface area contributed by atoms with Crippen molar-refractivity contribution in [2.24, 2.45) is 5.73 Å². The summed E-state index contributed by atoms with van der Waals surface area (Å²) in [6.45, 7) is 0. The molecule has 1 atom stereocenters. The van der Waals surface area contributed by atoms with Crippen LogP contribution in [0.1, 0.15) is 33.9 Å². The predicted octanol–water partition coefficient (Wildman–Crippen LogP) is 2.94. The Kier molecular flexibility index (Phi) is 3.90. The molecule has 6 heteroatoms. The molecule has 0 radical (unpaired) electrons. The molecule has 0 bridgehead atoms. The quantitative estimate of drug-likeness (QED) is 0.909. The molecule has 1 unspecified atom stereocenters. The van der Waals surface area contributed by atoms with Gasteiger partial charge in [-0.15, -0.1) is 0 Å². The molecule has 3 rings (SSSR count). The van der Waals surface area contributed by atoms with Crippen molar-refractivity contribution in [3.05, 3.63) is 52.2 Å². The van der Waals surface area contributed by atoms with E-state index in [0.29, 0.717) is 16.4 Å². The molecule has 1 aromatic heterocycles. The van der Waals surface area contributed by atoms with Crippen LogP contribution < -0.4 is 15.8 Å². The number of ether oxygens (including phenoxy) is 1. The van der Waals surface area contributed by atoms with Crippen molar-refractivity contribution in [2.75, 3.05) is 12.4 Å². The van der Waals surface area contributed by atoms with Crippen molar-refractivity contribution < 1.29 is 9.53 Å². The monoisotopic (exact) mass is 317 g/mol. The molecule has 1 aliphatic rings. The molecule has 3 N–H and O–H groups in total. The van der Waals surface area contributed by atoms with Crippen LogP contribution in [0.4, 0.5) is 5.82 Å². The standard InChI is InChI=1S/C16H16ClN3O2/c1-22-14-4-2-3-10-11(14)5-6-13(10)20-16-12(17)7-9(8-19-16)15(18)21/h2-4,7-8,13H,5-6H2,1H3,(H2,18,21)(H,19,20). The number of rotatable bonds is 4. The summed E-state index contributed by atoms with van der Waals surface area (Å²) in [5, 5.41) is 3.71. The second-order valence-electron chi connectivity index (χ2n) is 5.18. The van der Waals surface area contributed by atoms with Crippen LogP contribution in [0.3, 0.4) is 0 Å². The summed E-state index contributed by atoms with van der Waals surface area (Å²) in [7, 11) is 1.68. The van der Waals surface area contributed by atoms with E-state index in [1.807, 2.05) is 12.1 Å². The van der Waals surface area contributed by atoms with Gasteiger partial charge >= 0.3 is 0 Å². The average molecular weight is 318 g/mol. The summed E-state index contributed by atoms with van der Waals surface area (Å²) in [5.74, 6) is 0.911. The summed E-state index contributed by atoms with van der Waals surface area (Å²) in [5.41, 5.74) is 7.92. The van der Waals surface area contributed by atoms with Crippen molar-refractivity contribution in [1.82, 2.24) is 4.98 Å². The second-order valence-corrected chi connectivity index (χ2v) is 5.59. The smallest absolute Gasteiger partial charge is 0.250 e. The van der Waals surface area contributed by atoms with Crippen LogP contribution in [0.25, 0.3) is 0 Å². The van der Waals surface area contributed by atoms with Gasteiger partial charge in [-0.05, 0) is 36.1 Å². The van der Waals surface area contributed by atoms with Gasteiger partial charge < -0.3 is 15.8 Å². The van der Waals surface area contributed by atoms with E-state index in [9.17, 15) is 4.79 Å². The fraction of sp³-hybridized carbons (Fsp3) is 0.250. The number of carbonyl (C=O) groups is 1. The number of halogens is 1. The highest BCUT2D eigenvalue weighted by atomic mass is 35.5. The molecular formula is C16H16ClN3O2. The molecule has 22 heavy (non-hydrogen) atoms. The maximum absolute atomic E-state index is 11.1. The predicted molar refractivity (Wildman–Crippen MR) is 85.4 cm³/mol. The molecule has 1 heterocycles. The average Bonchev–Trinajstić information content (AvgIpc) is 2.92. The van der Waals surface area contributed by atoms with Crippen LogP contribution in [-0.2, 0) is 6.42 Å². The lowest BCUT2D eigenvalue weighted by Crippen LogP contribution is -2.13. The number of primary amides is 1. The van der Waals surface area contributed by atoms with Gasteiger partial charge in [-0.2, -0.15) is 0 Å². The zero-order valence-corrected chi connectivity index (χ0v) is 12.9. The Morgan fingerprint density at radius 1 is 1.50 bits per heavy atom. The Bertz CT molecular complexity index is 733. The van der Waals surface area contributed by atoms with E-state index in [1.54, 1.807) is 7.11 Å². The Hall–Kier alpha value is -2.27. The van der Waals surface area contributed by atoms with E-state index in [-0.39, 0.29) is 6.04 Å². The fourth-order valence-corrected chi connectivity index (χ4v) is 3.03. The summed E-state index contributed by atoms with van der Waals surface area (Å²) in [6, 6.07) is 7.67. The van der Waals surface area contributed by atoms with Crippen molar-refractivity contribution in [2.45, 2.75) is 18.9 Å². The van der Waals surface area contributed by atoms with Gasteiger partial charge in [0, 0.05) is 6.20 Å². The number of hydrogen-bond donors (Lipinski definition) is 2. The second kappa shape index (κ2) is 5.85. The van der Waals surface area contributed by atoms with Gasteiger partial charge in [0.15, 0.2) is 0 Å². The first-order valence-corrected chi connectivity index (χ1v) is 7.35. The van der Waals surface area contributed by atoms with Crippen LogP contribution in [0.2, 0.25) is 5.02 Å². The zero-order chi connectivity index (χ0) is 15.7. The first kappa shape index (κ1) is 14.7. The van der Waals surface area contributed by atoms with Gasteiger partial charge in [-0.1, -0.05) is 23.7 Å². The molecule has 0 saturated carbocycles. The van der Waals surface area contributed by atoms with Gasteiger partial charge in [-0.25, -0.2) is 4.98 Å². The number of carbonyl (C=O) groups excluding carboxylic acids is 1. The van der Waals surface area contributed by atoms with Crippen LogP contribution in [0.15, 0.2) is 30.5 Å². The number of aromatic nitrogens is 1. The SMILES string of the molecule is COc1cccc2c1CCC2Nc1ncc(C(N)=O)cc1Cl. The Labute approximate surface area is 133 Å². The van der Waals surface area contributed by atoms with Crippen molar-refractivity contribution in [3.8, 4) is 5.75 Å². The van der Waals surface area contributed by atoms with Crippen LogP contribution in [0, 0.1) is 0 Å². The number of nitrogens with one attached hydrogen (secondary N) is 1. The molecule has 0 fully saturated rings. The molecule has 1 aromatic carbocycles. The van der Waals surface area contributed by atoms with Crippen LogP contribution >= 0.6 is 11.6 Å². The van der Waals surface area contributed by atoms with Crippen molar-refractivity contribution in [3.63, 3.8) is 0 Å². The number of benzene rings is 1. The van der Waals surface area contributed by atoms with Gasteiger partial charge in [0.25, 0.3) is 0 Å². The number of pyridine rings is 1. The first-order valence-electron chi connectivity index (χ1n) is 6.98. The summed E-state index contributed by atoms with van der Waals surface area (Å²) in [4.78, 5) is 15.3. The van der Waals surface area contributed by atoms with Crippen LogP contribution in [0.5, 0.6) is 5.75 Å². The van der Waals surface area contributed by atoms with E-state index in [4.69, 9.17) is 22.1 Å². The molecule has 0 aliphatic heterocycles. The number of anilines is 1. The van der Waals surface area contributed by atoms with Crippen LogP contribution in [-0.4, -0.2) is 18.0 Å². The third-order valence-corrected chi connectivity index (χ3v) is 4.17. The molecule has 0 spiro atoms. The molecule has 2 aromatic rings. The third kappa shape index (κ3) is 2.60. The maximum Gasteiger partial charge on any atom is 0.250 e. The number of nitrogens with two attached hydrogens (primary N) is 1. The number of nitrogens with zero attached hydrogens (tertiary/aromatic N) is 1. The van der Waals surface area contributed by atoms with E-state index in [0.717, 1.165) is 18.6 Å². The molecule has 0 saturated heterocycles. The van der Waals surface area contributed by atoms with Gasteiger partial charge in [0.1, 0.15) is 11.6 Å². The normalized spacial score (nSPS) is 16.2. The van der Waals surface area contributed by atoms with E-state index in [2.05, 4.69) is 16.4 Å². The number of methoxy groups -OCH3 is 1. The van der Waals surface area contributed by atoms with Crippen molar-refractivity contribution in [1.29, 1.82) is 0 Å². The maximum atomic E-state index is 11.1. The topological polar surface area (TPSA) is 77.2 Å². The Morgan fingerprint density at radius 3 is 3.00 bits per heavy atom. The number of hydrogen-bond acceptors (Lipinski definition) is 4. The van der Waals surface area contributed by atoms with Crippen molar-refractivity contribution >= 4 is 23.3 Å². The minimum absolute atomic E-state index is 0.120. The lowest BCUT2D eigenvalue weighted by atomic mass is 10.1. The van der Waals surface area contributed by atoms with Gasteiger partial charge in [0.2, 0.25) is 5.91 Å².